The second kappa shape index (κ2) is 5.89. The lowest BCUT2D eigenvalue weighted by Gasteiger charge is -2.47. The minimum absolute atomic E-state index is 0.191. The molecule has 2 heterocycles. The molecule has 0 radical (unpaired) electrons. The Kier molecular flexibility index (Phi) is 4.34. The van der Waals surface area contributed by atoms with Crippen LogP contribution in [0, 0.1) is 0 Å². The Hall–Kier alpha value is -0.200. The van der Waals surface area contributed by atoms with Crippen molar-refractivity contribution >= 4 is 0 Å². The normalized spacial score (nSPS) is 36.0. The van der Waals surface area contributed by atoms with Crippen LogP contribution in [-0.2, 0) is 9.47 Å². The Morgan fingerprint density at radius 3 is 2.35 bits per heavy atom. The molecule has 3 aliphatic rings. The molecule has 1 aliphatic carbocycles. The predicted molar refractivity (Wildman–Crippen MR) is 76.6 cm³/mol. The van der Waals surface area contributed by atoms with E-state index in [1.54, 1.807) is 0 Å². The zero-order chi connectivity index (χ0) is 14.2. The maximum Gasteiger partial charge on any atom is 0.170 e. The smallest absolute Gasteiger partial charge is 0.170 e. The van der Waals surface area contributed by atoms with E-state index in [2.05, 4.69) is 23.6 Å². The van der Waals surface area contributed by atoms with Gasteiger partial charge < -0.3 is 14.6 Å². The Labute approximate surface area is 121 Å². The van der Waals surface area contributed by atoms with Gasteiger partial charge in [0.2, 0.25) is 0 Å². The van der Waals surface area contributed by atoms with Crippen LogP contribution in [0.25, 0.3) is 0 Å². The van der Waals surface area contributed by atoms with Crippen molar-refractivity contribution in [3.63, 3.8) is 0 Å². The molecule has 3 rings (SSSR count). The van der Waals surface area contributed by atoms with Crippen LogP contribution in [0.3, 0.4) is 0 Å². The van der Waals surface area contributed by atoms with Gasteiger partial charge in [-0.1, -0.05) is 0 Å². The van der Waals surface area contributed by atoms with Crippen molar-refractivity contribution in [3.05, 3.63) is 0 Å². The van der Waals surface area contributed by atoms with Gasteiger partial charge in [0.25, 0.3) is 0 Å². The van der Waals surface area contributed by atoms with Gasteiger partial charge in [0.05, 0.1) is 19.3 Å². The maximum atomic E-state index is 10.4. The minimum Gasteiger partial charge on any atom is -0.391 e. The molecule has 2 unspecified atom stereocenters. The highest BCUT2D eigenvalue weighted by atomic mass is 16.7. The molecule has 0 aromatic heterocycles. The summed E-state index contributed by atoms with van der Waals surface area (Å²) in [5, 5.41) is 10.4. The van der Waals surface area contributed by atoms with Crippen LogP contribution in [0.5, 0.6) is 0 Å². The number of piperazine rings is 1. The Bertz CT molecular complexity index is 323. The van der Waals surface area contributed by atoms with Gasteiger partial charge in [-0.2, -0.15) is 0 Å². The summed E-state index contributed by atoms with van der Waals surface area (Å²) in [6, 6.07) is 0.803. The molecule has 2 atom stereocenters. The molecule has 1 saturated carbocycles. The standard InChI is InChI=1S/C15H28N2O3/c1-12(2)16-5-7-17(8-6-16)13-11-15(4-3-14(13)18)19-9-10-20-15/h12-14,18H,3-11H2,1-2H3. The van der Waals surface area contributed by atoms with Gasteiger partial charge in [0, 0.05) is 51.1 Å². The van der Waals surface area contributed by atoms with Crippen LogP contribution in [-0.4, -0.2) is 78.3 Å². The molecule has 2 saturated heterocycles. The average Bonchev–Trinajstić information content (AvgIpc) is 2.90. The first-order valence-electron chi connectivity index (χ1n) is 8.04. The zero-order valence-corrected chi connectivity index (χ0v) is 12.8. The lowest BCUT2D eigenvalue weighted by Crippen LogP contribution is -2.59. The molecule has 5 heteroatoms. The highest BCUT2D eigenvalue weighted by Gasteiger charge is 2.46. The molecule has 0 aromatic rings. The van der Waals surface area contributed by atoms with E-state index in [-0.39, 0.29) is 12.1 Å². The van der Waals surface area contributed by atoms with Crippen LogP contribution >= 0.6 is 0 Å². The first-order valence-corrected chi connectivity index (χ1v) is 8.04. The molecule has 20 heavy (non-hydrogen) atoms. The summed E-state index contributed by atoms with van der Waals surface area (Å²) in [5.41, 5.74) is 0. The molecule has 5 nitrogen and oxygen atoms in total. The number of aliphatic hydroxyl groups excluding tert-OH is 1. The largest absolute Gasteiger partial charge is 0.391 e. The fourth-order valence-corrected chi connectivity index (χ4v) is 3.83. The van der Waals surface area contributed by atoms with E-state index in [0.717, 1.165) is 45.4 Å². The van der Waals surface area contributed by atoms with Gasteiger partial charge in [-0.15, -0.1) is 0 Å². The number of hydrogen-bond donors (Lipinski definition) is 1. The minimum atomic E-state index is -0.404. The van der Waals surface area contributed by atoms with E-state index in [1.807, 2.05) is 0 Å². The van der Waals surface area contributed by atoms with E-state index in [0.29, 0.717) is 19.3 Å². The third-order valence-electron chi connectivity index (χ3n) is 5.15. The topological polar surface area (TPSA) is 45.2 Å². The van der Waals surface area contributed by atoms with Crippen molar-refractivity contribution in [1.29, 1.82) is 0 Å². The summed E-state index contributed by atoms with van der Waals surface area (Å²) in [6.07, 6.45) is 2.20. The van der Waals surface area contributed by atoms with E-state index >= 15 is 0 Å². The zero-order valence-electron chi connectivity index (χ0n) is 12.8. The third-order valence-corrected chi connectivity index (χ3v) is 5.15. The number of rotatable bonds is 2. The Balaban J connectivity index is 1.60. The lowest BCUT2D eigenvalue weighted by molar-refractivity contribution is -0.206. The average molecular weight is 284 g/mol. The van der Waals surface area contributed by atoms with E-state index < -0.39 is 5.79 Å². The Morgan fingerprint density at radius 1 is 1.10 bits per heavy atom. The highest BCUT2D eigenvalue weighted by Crippen LogP contribution is 2.38. The highest BCUT2D eigenvalue weighted by molar-refractivity contribution is 4.94. The van der Waals surface area contributed by atoms with Crippen molar-refractivity contribution < 1.29 is 14.6 Å². The molecule has 1 N–H and O–H groups in total. The quantitative estimate of drug-likeness (QED) is 0.807. The first kappa shape index (κ1) is 14.7. The fourth-order valence-electron chi connectivity index (χ4n) is 3.83. The SMILES string of the molecule is CC(C)N1CCN(C2CC3(CCC2O)OCCO3)CC1. The molecule has 0 amide bonds. The molecule has 0 aromatic carbocycles. The third kappa shape index (κ3) is 2.88. The summed E-state index contributed by atoms with van der Waals surface area (Å²) in [7, 11) is 0. The van der Waals surface area contributed by atoms with E-state index in [1.165, 1.54) is 0 Å². The van der Waals surface area contributed by atoms with Gasteiger partial charge in [-0.25, -0.2) is 0 Å². The molecule has 1 spiro atoms. The number of aliphatic hydroxyl groups is 1. The molecule has 2 aliphatic heterocycles. The van der Waals surface area contributed by atoms with Gasteiger partial charge in [-0.05, 0) is 20.3 Å². The number of ether oxygens (including phenoxy) is 2. The lowest BCUT2D eigenvalue weighted by atomic mass is 9.86. The Morgan fingerprint density at radius 2 is 1.75 bits per heavy atom. The van der Waals surface area contributed by atoms with E-state index in [4.69, 9.17) is 9.47 Å². The van der Waals surface area contributed by atoms with Gasteiger partial charge in [-0.3, -0.25) is 9.80 Å². The summed E-state index contributed by atoms with van der Waals surface area (Å²) in [4.78, 5) is 4.94. The van der Waals surface area contributed by atoms with Crippen molar-refractivity contribution in [2.45, 2.75) is 57.1 Å². The van der Waals surface area contributed by atoms with Crippen molar-refractivity contribution in [2.24, 2.45) is 0 Å². The van der Waals surface area contributed by atoms with Crippen LogP contribution < -0.4 is 0 Å². The van der Waals surface area contributed by atoms with Crippen LogP contribution in [0.15, 0.2) is 0 Å². The number of hydrogen-bond acceptors (Lipinski definition) is 5. The van der Waals surface area contributed by atoms with Crippen molar-refractivity contribution in [1.82, 2.24) is 9.80 Å². The maximum absolute atomic E-state index is 10.4. The predicted octanol–water partition coefficient (Wildman–Crippen LogP) is 0.669. The molecular formula is C15H28N2O3. The van der Waals surface area contributed by atoms with Gasteiger partial charge >= 0.3 is 0 Å². The summed E-state index contributed by atoms with van der Waals surface area (Å²) < 4.78 is 11.7. The van der Waals surface area contributed by atoms with Crippen LogP contribution in [0.4, 0.5) is 0 Å². The van der Waals surface area contributed by atoms with Gasteiger partial charge in [0.15, 0.2) is 5.79 Å². The molecule has 116 valence electrons. The van der Waals surface area contributed by atoms with Crippen molar-refractivity contribution in [3.8, 4) is 0 Å². The monoisotopic (exact) mass is 284 g/mol. The van der Waals surface area contributed by atoms with Crippen LogP contribution in [0.2, 0.25) is 0 Å². The van der Waals surface area contributed by atoms with Crippen molar-refractivity contribution in [2.75, 3.05) is 39.4 Å². The second-order valence-corrected chi connectivity index (χ2v) is 6.65. The second-order valence-electron chi connectivity index (χ2n) is 6.65. The summed E-state index contributed by atoms with van der Waals surface area (Å²) >= 11 is 0. The fraction of sp³-hybridized carbons (Fsp3) is 1.00. The molecule has 0 bridgehead atoms. The van der Waals surface area contributed by atoms with Gasteiger partial charge in [0.1, 0.15) is 0 Å². The van der Waals surface area contributed by atoms with Crippen LogP contribution in [0.1, 0.15) is 33.1 Å². The molecule has 3 fully saturated rings. The summed E-state index contributed by atoms with van der Waals surface area (Å²) in [6.45, 7) is 10.2. The first-order chi connectivity index (χ1) is 9.60. The van der Waals surface area contributed by atoms with E-state index in [9.17, 15) is 5.11 Å². The number of nitrogens with zero attached hydrogens (tertiary/aromatic N) is 2. The molecular weight excluding hydrogens is 256 g/mol. The summed E-state index contributed by atoms with van der Waals surface area (Å²) in [5.74, 6) is -0.404.